The van der Waals surface area contributed by atoms with E-state index < -0.39 is 0 Å². The number of hydrogen-bond donors (Lipinski definition) is 4. The van der Waals surface area contributed by atoms with Gasteiger partial charge in [-0.2, -0.15) is 0 Å². The first-order valence-electron chi connectivity index (χ1n) is 8.47. The highest BCUT2D eigenvalue weighted by atomic mass is 16.3. The van der Waals surface area contributed by atoms with Crippen molar-refractivity contribution in [3.05, 3.63) is 29.8 Å². The van der Waals surface area contributed by atoms with Crippen LogP contribution in [0, 0.1) is 5.92 Å². The van der Waals surface area contributed by atoms with E-state index in [0.717, 1.165) is 18.8 Å². The van der Waals surface area contributed by atoms with Crippen LogP contribution in [0.4, 0.5) is 5.69 Å². The number of aliphatic hydroxyl groups excluding tert-OH is 1. The van der Waals surface area contributed by atoms with E-state index in [0.29, 0.717) is 18.9 Å². The minimum Gasteiger partial charge on any atom is -0.391 e. The molecule has 128 valence electrons. The van der Waals surface area contributed by atoms with E-state index >= 15 is 0 Å². The van der Waals surface area contributed by atoms with Crippen LogP contribution in [0.2, 0.25) is 0 Å². The second-order valence-electron chi connectivity index (χ2n) is 6.82. The first-order chi connectivity index (χ1) is 11.0. The van der Waals surface area contributed by atoms with Gasteiger partial charge in [-0.05, 0) is 30.5 Å². The summed E-state index contributed by atoms with van der Waals surface area (Å²) >= 11 is 0. The Kier molecular flexibility index (Phi) is 6.57. The molecule has 1 amide bonds. The molecule has 0 bridgehead atoms. The van der Waals surface area contributed by atoms with E-state index in [1.54, 1.807) is 0 Å². The van der Waals surface area contributed by atoms with E-state index in [1.165, 1.54) is 5.56 Å². The molecule has 3 unspecified atom stereocenters. The van der Waals surface area contributed by atoms with Gasteiger partial charge in [0.25, 0.3) is 0 Å². The number of β-amino-alcohol motifs (C(OH)–C–C–N with tert-alkyl or cyclic N) is 1. The maximum atomic E-state index is 12.1. The second-order valence-corrected chi connectivity index (χ2v) is 6.82. The van der Waals surface area contributed by atoms with Crippen LogP contribution in [-0.4, -0.2) is 42.8 Å². The van der Waals surface area contributed by atoms with Gasteiger partial charge in [-0.1, -0.05) is 26.0 Å². The average Bonchev–Trinajstić information content (AvgIpc) is 2.91. The van der Waals surface area contributed by atoms with Gasteiger partial charge >= 0.3 is 0 Å². The maximum Gasteiger partial charge on any atom is 0.225 e. The molecule has 1 saturated heterocycles. The van der Waals surface area contributed by atoms with E-state index in [-0.39, 0.29) is 24.0 Å². The fourth-order valence-corrected chi connectivity index (χ4v) is 2.79. The van der Waals surface area contributed by atoms with Crippen molar-refractivity contribution in [3.8, 4) is 0 Å². The van der Waals surface area contributed by atoms with Crippen LogP contribution >= 0.6 is 0 Å². The zero-order valence-electron chi connectivity index (χ0n) is 14.3. The number of aliphatic hydroxyl groups is 1. The number of carbonyl (C=O) groups is 1. The van der Waals surface area contributed by atoms with Crippen LogP contribution in [-0.2, 0) is 4.79 Å². The molecular formula is C18H29N3O2. The van der Waals surface area contributed by atoms with Crippen molar-refractivity contribution in [1.82, 2.24) is 10.6 Å². The summed E-state index contributed by atoms with van der Waals surface area (Å²) in [6.45, 7) is 8.51. The van der Waals surface area contributed by atoms with Gasteiger partial charge in [0.1, 0.15) is 0 Å². The molecule has 0 saturated carbocycles. The summed E-state index contributed by atoms with van der Waals surface area (Å²) in [7, 11) is 0. The lowest BCUT2D eigenvalue weighted by Crippen LogP contribution is -2.37. The molecule has 5 heteroatoms. The van der Waals surface area contributed by atoms with Crippen molar-refractivity contribution in [1.29, 1.82) is 0 Å². The van der Waals surface area contributed by atoms with Crippen LogP contribution in [0.5, 0.6) is 0 Å². The Bertz CT molecular complexity index is 501. The topological polar surface area (TPSA) is 73.4 Å². The molecule has 2 rings (SSSR count). The second kappa shape index (κ2) is 8.43. The largest absolute Gasteiger partial charge is 0.391 e. The lowest BCUT2D eigenvalue weighted by molar-refractivity contribution is -0.116. The molecule has 0 spiro atoms. The molecule has 23 heavy (non-hydrogen) atoms. The molecule has 0 radical (unpaired) electrons. The summed E-state index contributed by atoms with van der Waals surface area (Å²) in [6, 6.07) is 8.09. The molecule has 0 aliphatic carbocycles. The van der Waals surface area contributed by atoms with E-state index in [2.05, 4.69) is 41.9 Å². The predicted octanol–water partition coefficient (Wildman–Crippen LogP) is 1.70. The Labute approximate surface area is 138 Å². The number of amides is 1. The molecule has 5 nitrogen and oxygen atoms in total. The van der Waals surface area contributed by atoms with Crippen molar-refractivity contribution >= 4 is 11.6 Å². The van der Waals surface area contributed by atoms with Gasteiger partial charge in [0.15, 0.2) is 0 Å². The summed E-state index contributed by atoms with van der Waals surface area (Å²) in [5.41, 5.74) is 2.10. The first-order valence-corrected chi connectivity index (χ1v) is 8.47. The molecule has 1 aromatic carbocycles. The first kappa shape index (κ1) is 17.9. The average molecular weight is 319 g/mol. The van der Waals surface area contributed by atoms with Gasteiger partial charge in [-0.3, -0.25) is 4.79 Å². The highest BCUT2D eigenvalue weighted by Gasteiger charge is 2.25. The lowest BCUT2D eigenvalue weighted by Gasteiger charge is -2.18. The Hall–Kier alpha value is -1.43. The van der Waals surface area contributed by atoms with Gasteiger partial charge in [-0.15, -0.1) is 0 Å². The van der Waals surface area contributed by atoms with Crippen molar-refractivity contribution in [2.45, 2.75) is 45.3 Å². The SMILES string of the molecule is CC(CC(=O)Nc1ccc(C(C)C)cc1)NCC1CNCC1O. The molecule has 1 heterocycles. The fourth-order valence-electron chi connectivity index (χ4n) is 2.79. The number of benzene rings is 1. The molecule has 0 aromatic heterocycles. The van der Waals surface area contributed by atoms with Crippen LogP contribution in [0.25, 0.3) is 0 Å². The van der Waals surface area contributed by atoms with Gasteiger partial charge in [-0.25, -0.2) is 0 Å². The zero-order chi connectivity index (χ0) is 16.8. The summed E-state index contributed by atoms with van der Waals surface area (Å²) in [4.78, 5) is 12.1. The fraction of sp³-hybridized carbons (Fsp3) is 0.611. The zero-order valence-corrected chi connectivity index (χ0v) is 14.3. The third-order valence-electron chi connectivity index (χ3n) is 4.39. The summed E-state index contributed by atoms with van der Waals surface area (Å²) in [5.74, 6) is 0.723. The summed E-state index contributed by atoms with van der Waals surface area (Å²) < 4.78 is 0. The molecule has 1 fully saturated rings. The van der Waals surface area contributed by atoms with Crippen LogP contribution in [0.1, 0.15) is 38.7 Å². The molecule has 1 aliphatic heterocycles. The van der Waals surface area contributed by atoms with Gasteiger partial charge in [0.2, 0.25) is 5.91 Å². The van der Waals surface area contributed by atoms with Gasteiger partial charge in [0, 0.05) is 43.7 Å². The number of hydrogen-bond acceptors (Lipinski definition) is 4. The quantitative estimate of drug-likeness (QED) is 0.617. The molecule has 1 aliphatic rings. The van der Waals surface area contributed by atoms with Crippen LogP contribution in [0.15, 0.2) is 24.3 Å². The van der Waals surface area contributed by atoms with Gasteiger partial charge < -0.3 is 21.1 Å². The van der Waals surface area contributed by atoms with E-state index in [9.17, 15) is 9.90 Å². The third-order valence-corrected chi connectivity index (χ3v) is 4.39. The van der Waals surface area contributed by atoms with E-state index in [4.69, 9.17) is 0 Å². The number of nitrogens with one attached hydrogen (secondary N) is 3. The normalized spacial score (nSPS) is 22.3. The van der Waals surface area contributed by atoms with Crippen LogP contribution < -0.4 is 16.0 Å². The molecule has 3 atom stereocenters. The number of carbonyl (C=O) groups excluding carboxylic acids is 1. The molecule has 1 aromatic rings. The third kappa shape index (κ3) is 5.61. The predicted molar refractivity (Wildman–Crippen MR) is 93.6 cm³/mol. The lowest BCUT2D eigenvalue weighted by atomic mass is 10.0. The van der Waals surface area contributed by atoms with Crippen molar-refractivity contribution in [2.75, 3.05) is 25.0 Å². The van der Waals surface area contributed by atoms with Crippen molar-refractivity contribution in [2.24, 2.45) is 5.92 Å². The van der Waals surface area contributed by atoms with Gasteiger partial charge in [0.05, 0.1) is 6.10 Å². The van der Waals surface area contributed by atoms with E-state index in [1.807, 2.05) is 19.1 Å². The standard InChI is InChI=1S/C18H29N3O2/c1-12(2)14-4-6-16(7-5-14)21-18(23)8-13(3)20-10-15-9-19-11-17(15)22/h4-7,12-13,15,17,19-20,22H,8-11H2,1-3H3,(H,21,23). The van der Waals surface area contributed by atoms with Crippen molar-refractivity contribution < 1.29 is 9.90 Å². The summed E-state index contributed by atoms with van der Waals surface area (Å²) in [5, 5.41) is 19.2. The Morgan fingerprint density at radius 1 is 1.26 bits per heavy atom. The minimum atomic E-state index is -0.289. The highest BCUT2D eigenvalue weighted by molar-refractivity contribution is 5.91. The monoisotopic (exact) mass is 319 g/mol. The van der Waals surface area contributed by atoms with Crippen molar-refractivity contribution in [3.63, 3.8) is 0 Å². The Balaban J connectivity index is 1.73. The smallest absolute Gasteiger partial charge is 0.225 e. The minimum absolute atomic E-state index is 0.00684. The highest BCUT2D eigenvalue weighted by Crippen LogP contribution is 2.17. The Morgan fingerprint density at radius 3 is 2.52 bits per heavy atom. The summed E-state index contributed by atoms with van der Waals surface area (Å²) in [6.07, 6.45) is 0.130. The Morgan fingerprint density at radius 2 is 1.96 bits per heavy atom. The maximum absolute atomic E-state index is 12.1. The number of rotatable bonds is 7. The van der Waals surface area contributed by atoms with Crippen LogP contribution in [0.3, 0.4) is 0 Å². The molecule has 4 N–H and O–H groups in total. The number of anilines is 1. The molecular weight excluding hydrogens is 290 g/mol.